The Kier molecular flexibility index (Phi) is 1.89. The number of aryl methyl sites for hydroxylation is 2. The first-order valence-electron chi connectivity index (χ1n) is 5.30. The molecule has 80 valence electrons. The zero-order valence-electron chi connectivity index (χ0n) is 8.97. The van der Waals surface area contributed by atoms with Crippen molar-refractivity contribution in [3.8, 4) is 0 Å². The summed E-state index contributed by atoms with van der Waals surface area (Å²) >= 11 is 0. The van der Waals surface area contributed by atoms with E-state index in [2.05, 4.69) is 10.2 Å². The molecule has 1 aliphatic rings. The van der Waals surface area contributed by atoms with E-state index in [1.807, 2.05) is 35.8 Å². The van der Waals surface area contributed by atoms with Crippen LogP contribution in [-0.2, 0) is 13.0 Å². The predicted molar refractivity (Wildman–Crippen MR) is 58.3 cm³/mol. The van der Waals surface area contributed by atoms with Crippen molar-refractivity contribution < 1.29 is 4.79 Å². The second-order valence-electron chi connectivity index (χ2n) is 3.96. The SMILES string of the molecule is Cc1nnc2n1CCc1ccccc1C2=O. The van der Waals surface area contributed by atoms with Gasteiger partial charge in [-0.2, -0.15) is 0 Å². The molecule has 1 aliphatic heterocycles. The van der Waals surface area contributed by atoms with Crippen LogP contribution in [0, 0.1) is 6.92 Å². The summed E-state index contributed by atoms with van der Waals surface area (Å²) in [5, 5.41) is 7.91. The van der Waals surface area contributed by atoms with Crippen molar-refractivity contribution in [1.29, 1.82) is 0 Å². The Balaban J connectivity index is 2.22. The van der Waals surface area contributed by atoms with Gasteiger partial charge >= 0.3 is 0 Å². The Morgan fingerprint density at radius 2 is 2.06 bits per heavy atom. The van der Waals surface area contributed by atoms with Gasteiger partial charge in [0.25, 0.3) is 0 Å². The van der Waals surface area contributed by atoms with Gasteiger partial charge in [0.15, 0.2) is 0 Å². The molecular formula is C12H11N3O. The molecule has 0 spiro atoms. The Bertz CT molecular complexity index is 571. The van der Waals surface area contributed by atoms with Crippen molar-refractivity contribution in [3.63, 3.8) is 0 Å². The Morgan fingerprint density at radius 3 is 2.94 bits per heavy atom. The third kappa shape index (κ3) is 1.19. The molecule has 0 saturated carbocycles. The third-order valence-corrected chi connectivity index (χ3v) is 3.01. The summed E-state index contributed by atoms with van der Waals surface area (Å²) in [4.78, 5) is 12.2. The van der Waals surface area contributed by atoms with Crippen LogP contribution in [0.2, 0.25) is 0 Å². The molecule has 0 aliphatic carbocycles. The topological polar surface area (TPSA) is 47.8 Å². The van der Waals surface area contributed by atoms with E-state index in [-0.39, 0.29) is 5.78 Å². The van der Waals surface area contributed by atoms with Crippen molar-refractivity contribution in [2.75, 3.05) is 0 Å². The molecule has 0 atom stereocenters. The average molecular weight is 213 g/mol. The second-order valence-corrected chi connectivity index (χ2v) is 3.96. The van der Waals surface area contributed by atoms with Gasteiger partial charge in [0.1, 0.15) is 5.82 Å². The highest BCUT2D eigenvalue weighted by molar-refractivity contribution is 6.07. The lowest BCUT2D eigenvalue weighted by Crippen LogP contribution is -2.09. The van der Waals surface area contributed by atoms with E-state index in [0.29, 0.717) is 5.82 Å². The molecule has 2 aromatic rings. The van der Waals surface area contributed by atoms with E-state index in [1.165, 1.54) is 0 Å². The molecule has 0 bridgehead atoms. The summed E-state index contributed by atoms with van der Waals surface area (Å²) in [5.74, 6) is 1.24. The van der Waals surface area contributed by atoms with Gasteiger partial charge in [-0.05, 0) is 18.9 Å². The van der Waals surface area contributed by atoms with Gasteiger partial charge in [0.05, 0.1) is 0 Å². The highest BCUT2D eigenvalue weighted by Gasteiger charge is 2.23. The van der Waals surface area contributed by atoms with E-state index in [0.717, 1.165) is 29.9 Å². The van der Waals surface area contributed by atoms with Crippen LogP contribution in [0.3, 0.4) is 0 Å². The molecule has 1 aromatic heterocycles. The maximum Gasteiger partial charge on any atom is 0.230 e. The highest BCUT2D eigenvalue weighted by atomic mass is 16.1. The van der Waals surface area contributed by atoms with Gasteiger partial charge in [-0.25, -0.2) is 0 Å². The number of hydrogen-bond acceptors (Lipinski definition) is 3. The Morgan fingerprint density at radius 1 is 1.25 bits per heavy atom. The number of carbonyl (C=O) groups is 1. The zero-order valence-corrected chi connectivity index (χ0v) is 8.97. The number of carbonyl (C=O) groups excluding carboxylic acids is 1. The number of hydrogen-bond donors (Lipinski definition) is 0. The maximum atomic E-state index is 12.2. The predicted octanol–water partition coefficient (Wildman–Crippen LogP) is 1.37. The number of fused-ring (bicyclic) bond motifs is 2. The van der Waals surface area contributed by atoms with E-state index in [4.69, 9.17) is 0 Å². The number of benzene rings is 1. The van der Waals surface area contributed by atoms with Crippen LogP contribution >= 0.6 is 0 Å². The number of rotatable bonds is 0. The first-order chi connectivity index (χ1) is 7.77. The molecular weight excluding hydrogens is 202 g/mol. The quantitative estimate of drug-likeness (QED) is 0.664. The van der Waals surface area contributed by atoms with Gasteiger partial charge in [0, 0.05) is 12.1 Å². The average Bonchev–Trinajstić information content (AvgIpc) is 2.60. The van der Waals surface area contributed by atoms with Crippen LogP contribution in [0.5, 0.6) is 0 Å². The van der Waals surface area contributed by atoms with Crippen molar-refractivity contribution >= 4 is 5.78 Å². The summed E-state index contributed by atoms with van der Waals surface area (Å²) in [6.45, 7) is 2.65. The standard InChI is InChI=1S/C12H11N3O/c1-8-13-14-12-11(16)10-5-3-2-4-9(10)6-7-15(8)12/h2-5H,6-7H2,1H3. The number of ketones is 1. The van der Waals surface area contributed by atoms with Crippen molar-refractivity contribution in [1.82, 2.24) is 14.8 Å². The van der Waals surface area contributed by atoms with Gasteiger partial charge in [0.2, 0.25) is 11.6 Å². The van der Waals surface area contributed by atoms with E-state index in [9.17, 15) is 4.79 Å². The Labute approximate surface area is 92.9 Å². The minimum Gasteiger partial charge on any atom is -0.308 e. The van der Waals surface area contributed by atoms with Gasteiger partial charge in [-0.15, -0.1) is 10.2 Å². The van der Waals surface area contributed by atoms with E-state index >= 15 is 0 Å². The second kappa shape index (κ2) is 3.27. The lowest BCUT2D eigenvalue weighted by molar-refractivity contribution is 0.102. The molecule has 16 heavy (non-hydrogen) atoms. The highest BCUT2D eigenvalue weighted by Crippen LogP contribution is 2.19. The summed E-state index contributed by atoms with van der Waals surface area (Å²) in [5.41, 5.74) is 1.85. The molecule has 4 nitrogen and oxygen atoms in total. The smallest absolute Gasteiger partial charge is 0.230 e. The minimum atomic E-state index is -0.0197. The molecule has 2 heterocycles. The van der Waals surface area contributed by atoms with Gasteiger partial charge in [-0.1, -0.05) is 24.3 Å². The molecule has 0 fully saturated rings. The molecule has 0 N–H and O–H groups in total. The normalized spacial score (nSPS) is 14.2. The van der Waals surface area contributed by atoms with Crippen LogP contribution in [0.25, 0.3) is 0 Å². The first kappa shape index (κ1) is 9.27. The number of aromatic nitrogens is 3. The summed E-state index contributed by atoms with van der Waals surface area (Å²) < 4.78 is 1.89. The molecule has 1 aromatic carbocycles. The Hall–Kier alpha value is -1.97. The van der Waals surface area contributed by atoms with Crippen LogP contribution in [-0.4, -0.2) is 20.5 Å². The van der Waals surface area contributed by atoms with Crippen LogP contribution < -0.4 is 0 Å². The summed E-state index contributed by atoms with van der Waals surface area (Å²) in [6, 6.07) is 7.71. The van der Waals surface area contributed by atoms with Crippen LogP contribution in [0.15, 0.2) is 24.3 Å². The van der Waals surface area contributed by atoms with Crippen molar-refractivity contribution in [3.05, 3.63) is 47.0 Å². The summed E-state index contributed by atoms with van der Waals surface area (Å²) in [6.07, 6.45) is 0.855. The maximum absolute atomic E-state index is 12.2. The molecule has 4 heteroatoms. The lowest BCUT2D eigenvalue weighted by atomic mass is 10.0. The largest absolute Gasteiger partial charge is 0.308 e. The van der Waals surface area contributed by atoms with Crippen LogP contribution in [0.1, 0.15) is 27.6 Å². The third-order valence-electron chi connectivity index (χ3n) is 3.01. The van der Waals surface area contributed by atoms with Gasteiger partial charge in [-0.3, -0.25) is 4.79 Å². The lowest BCUT2D eigenvalue weighted by Gasteiger charge is -2.02. The minimum absolute atomic E-state index is 0.0197. The molecule has 3 rings (SSSR count). The number of nitrogens with zero attached hydrogens (tertiary/aromatic N) is 3. The van der Waals surface area contributed by atoms with Gasteiger partial charge < -0.3 is 4.57 Å². The first-order valence-corrected chi connectivity index (χ1v) is 5.30. The molecule has 0 amide bonds. The molecule has 0 unspecified atom stereocenters. The van der Waals surface area contributed by atoms with Crippen molar-refractivity contribution in [2.24, 2.45) is 0 Å². The molecule has 0 radical (unpaired) electrons. The summed E-state index contributed by atoms with van der Waals surface area (Å²) in [7, 11) is 0. The fraction of sp³-hybridized carbons (Fsp3) is 0.250. The monoisotopic (exact) mass is 213 g/mol. The van der Waals surface area contributed by atoms with E-state index in [1.54, 1.807) is 0 Å². The fourth-order valence-electron chi connectivity index (χ4n) is 2.13. The van der Waals surface area contributed by atoms with Crippen LogP contribution in [0.4, 0.5) is 0 Å². The fourth-order valence-corrected chi connectivity index (χ4v) is 2.13. The van der Waals surface area contributed by atoms with E-state index < -0.39 is 0 Å². The molecule has 0 saturated heterocycles. The van der Waals surface area contributed by atoms with Crippen molar-refractivity contribution in [2.45, 2.75) is 19.9 Å². The zero-order chi connectivity index (χ0) is 11.1.